The second-order valence-electron chi connectivity index (χ2n) is 4.45. The molecule has 0 aromatic heterocycles. The van der Waals surface area contributed by atoms with Gasteiger partial charge in [0.15, 0.2) is 0 Å². The molecule has 0 aromatic carbocycles. The average molecular weight is 214 g/mol. The van der Waals surface area contributed by atoms with Gasteiger partial charge in [-0.05, 0) is 20.8 Å². The maximum atomic E-state index is 11.7. The molecule has 1 aliphatic heterocycles. The Morgan fingerprint density at radius 3 is 2.67 bits per heavy atom. The van der Waals surface area contributed by atoms with Crippen molar-refractivity contribution >= 4 is 11.8 Å². The van der Waals surface area contributed by atoms with Crippen molar-refractivity contribution in [1.29, 1.82) is 0 Å². The highest BCUT2D eigenvalue weighted by molar-refractivity contribution is 5.94. The summed E-state index contributed by atoms with van der Waals surface area (Å²) in [6.07, 6.45) is 0. The lowest BCUT2D eigenvalue weighted by Gasteiger charge is -2.36. The van der Waals surface area contributed by atoms with Crippen LogP contribution in [0.15, 0.2) is 0 Å². The molecule has 1 fully saturated rings. The van der Waals surface area contributed by atoms with E-state index in [9.17, 15) is 9.59 Å². The van der Waals surface area contributed by atoms with Crippen molar-refractivity contribution in [1.82, 2.24) is 10.2 Å². The largest absolute Gasteiger partial charge is 0.377 e. The Morgan fingerprint density at radius 2 is 2.13 bits per heavy atom. The molecule has 1 rings (SSSR count). The minimum Gasteiger partial charge on any atom is -0.377 e. The first kappa shape index (κ1) is 12.0. The number of methoxy groups -OCH3 is 1. The zero-order valence-electron chi connectivity index (χ0n) is 9.66. The number of hydrogen-bond donors (Lipinski definition) is 1. The van der Waals surface area contributed by atoms with E-state index in [1.807, 2.05) is 13.8 Å². The standard InChI is InChI=1S/C10H18N2O3/c1-7-9(14)12(5-8(13)11-7)6-10(2,3)15-4/h7H,5-6H2,1-4H3,(H,11,13). The third kappa shape index (κ3) is 2.92. The molecular formula is C10H18N2O3. The number of rotatable bonds is 3. The number of piperazine rings is 1. The van der Waals surface area contributed by atoms with Gasteiger partial charge in [-0.1, -0.05) is 0 Å². The van der Waals surface area contributed by atoms with Gasteiger partial charge in [-0.25, -0.2) is 0 Å². The van der Waals surface area contributed by atoms with E-state index in [0.29, 0.717) is 6.54 Å². The van der Waals surface area contributed by atoms with Gasteiger partial charge in [0.1, 0.15) is 6.04 Å². The molecule has 0 aliphatic carbocycles. The number of amides is 2. The van der Waals surface area contributed by atoms with Gasteiger partial charge in [0.25, 0.3) is 0 Å². The summed E-state index contributed by atoms with van der Waals surface area (Å²) in [6.45, 7) is 6.01. The lowest BCUT2D eigenvalue weighted by atomic mass is 10.1. The monoisotopic (exact) mass is 214 g/mol. The quantitative estimate of drug-likeness (QED) is 0.705. The Balaban J connectivity index is 2.68. The molecule has 1 aliphatic rings. The van der Waals surface area contributed by atoms with Gasteiger partial charge >= 0.3 is 0 Å². The molecule has 0 aromatic rings. The van der Waals surface area contributed by atoms with Crippen LogP contribution < -0.4 is 5.32 Å². The van der Waals surface area contributed by atoms with Crippen LogP contribution in [0.1, 0.15) is 20.8 Å². The number of nitrogens with zero attached hydrogens (tertiary/aromatic N) is 1. The molecule has 1 heterocycles. The molecule has 5 nitrogen and oxygen atoms in total. The van der Waals surface area contributed by atoms with E-state index in [1.165, 1.54) is 4.90 Å². The van der Waals surface area contributed by atoms with Crippen molar-refractivity contribution in [2.45, 2.75) is 32.4 Å². The second kappa shape index (κ2) is 4.18. The Bertz CT molecular complexity index is 276. The van der Waals surface area contributed by atoms with Crippen LogP contribution in [0.5, 0.6) is 0 Å². The molecule has 0 radical (unpaired) electrons. The average Bonchev–Trinajstić information content (AvgIpc) is 2.13. The second-order valence-corrected chi connectivity index (χ2v) is 4.45. The minimum atomic E-state index is -0.432. The molecule has 1 N–H and O–H groups in total. The maximum absolute atomic E-state index is 11.7. The first-order chi connectivity index (χ1) is 6.85. The Hall–Kier alpha value is -1.10. The lowest BCUT2D eigenvalue weighted by Crippen LogP contribution is -2.59. The zero-order chi connectivity index (χ0) is 11.6. The highest BCUT2D eigenvalue weighted by Crippen LogP contribution is 2.12. The summed E-state index contributed by atoms with van der Waals surface area (Å²) in [7, 11) is 1.60. The number of hydrogen-bond acceptors (Lipinski definition) is 3. The highest BCUT2D eigenvalue weighted by Gasteiger charge is 2.33. The molecule has 1 atom stereocenters. The van der Waals surface area contributed by atoms with Crippen LogP contribution in [-0.4, -0.2) is 48.6 Å². The fourth-order valence-corrected chi connectivity index (χ4v) is 1.53. The molecule has 86 valence electrons. The van der Waals surface area contributed by atoms with Crippen LogP contribution in [0.3, 0.4) is 0 Å². The molecule has 0 bridgehead atoms. The van der Waals surface area contributed by atoms with Crippen molar-refractivity contribution in [3.05, 3.63) is 0 Å². The Labute approximate surface area is 89.8 Å². The van der Waals surface area contributed by atoms with E-state index in [-0.39, 0.29) is 18.4 Å². The Morgan fingerprint density at radius 1 is 1.53 bits per heavy atom. The summed E-state index contributed by atoms with van der Waals surface area (Å²) in [4.78, 5) is 24.5. The van der Waals surface area contributed by atoms with E-state index in [2.05, 4.69) is 5.32 Å². The van der Waals surface area contributed by atoms with Crippen LogP contribution in [0.4, 0.5) is 0 Å². The van der Waals surface area contributed by atoms with Crippen molar-refractivity contribution in [2.75, 3.05) is 20.2 Å². The molecule has 2 amide bonds. The van der Waals surface area contributed by atoms with Gasteiger partial charge < -0.3 is 15.0 Å². The number of ether oxygens (including phenoxy) is 1. The lowest BCUT2D eigenvalue weighted by molar-refractivity contribution is -0.147. The van der Waals surface area contributed by atoms with Gasteiger partial charge in [0, 0.05) is 13.7 Å². The third-order valence-corrected chi connectivity index (χ3v) is 2.52. The van der Waals surface area contributed by atoms with Gasteiger partial charge in [0.05, 0.1) is 12.1 Å². The maximum Gasteiger partial charge on any atom is 0.245 e. The van der Waals surface area contributed by atoms with Crippen molar-refractivity contribution in [3.8, 4) is 0 Å². The summed E-state index contributed by atoms with van der Waals surface area (Å²) >= 11 is 0. The fourth-order valence-electron chi connectivity index (χ4n) is 1.53. The number of carbonyl (C=O) groups excluding carboxylic acids is 2. The van der Waals surface area contributed by atoms with Crippen LogP contribution >= 0.6 is 0 Å². The predicted octanol–water partition coefficient (Wildman–Crippen LogP) is -0.242. The van der Waals surface area contributed by atoms with Crippen molar-refractivity contribution in [3.63, 3.8) is 0 Å². The molecule has 1 unspecified atom stereocenters. The summed E-state index contributed by atoms with van der Waals surface area (Å²) in [5.74, 6) is -0.172. The van der Waals surface area contributed by atoms with E-state index in [4.69, 9.17) is 4.74 Å². The van der Waals surface area contributed by atoms with E-state index in [0.717, 1.165) is 0 Å². The first-order valence-electron chi connectivity index (χ1n) is 4.99. The molecule has 0 saturated carbocycles. The third-order valence-electron chi connectivity index (χ3n) is 2.52. The molecule has 5 heteroatoms. The van der Waals surface area contributed by atoms with Gasteiger partial charge in [-0.2, -0.15) is 0 Å². The Kier molecular flexibility index (Phi) is 3.34. The molecular weight excluding hydrogens is 196 g/mol. The number of nitrogens with one attached hydrogen (secondary N) is 1. The van der Waals surface area contributed by atoms with Gasteiger partial charge in [-0.3, -0.25) is 9.59 Å². The van der Waals surface area contributed by atoms with E-state index < -0.39 is 11.6 Å². The van der Waals surface area contributed by atoms with E-state index >= 15 is 0 Å². The van der Waals surface area contributed by atoms with Gasteiger partial charge in [-0.15, -0.1) is 0 Å². The smallest absolute Gasteiger partial charge is 0.245 e. The van der Waals surface area contributed by atoms with Crippen LogP contribution in [0, 0.1) is 0 Å². The summed E-state index contributed by atoms with van der Waals surface area (Å²) < 4.78 is 5.23. The van der Waals surface area contributed by atoms with E-state index in [1.54, 1.807) is 14.0 Å². The highest BCUT2D eigenvalue weighted by atomic mass is 16.5. The predicted molar refractivity (Wildman–Crippen MR) is 55.3 cm³/mol. The SMILES string of the molecule is COC(C)(C)CN1CC(=O)NC(C)C1=O. The summed E-state index contributed by atoms with van der Waals surface area (Å²) in [5.41, 5.74) is -0.424. The molecule has 15 heavy (non-hydrogen) atoms. The zero-order valence-corrected chi connectivity index (χ0v) is 9.66. The minimum absolute atomic E-state index is 0.0558. The van der Waals surface area contributed by atoms with Crippen LogP contribution in [0.25, 0.3) is 0 Å². The molecule has 1 saturated heterocycles. The summed E-state index contributed by atoms with van der Waals surface area (Å²) in [5, 5.41) is 2.59. The van der Waals surface area contributed by atoms with Gasteiger partial charge in [0.2, 0.25) is 11.8 Å². The van der Waals surface area contributed by atoms with Crippen LogP contribution in [0.2, 0.25) is 0 Å². The molecule has 0 spiro atoms. The normalized spacial score (nSPS) is 22.9. The number of carbonyl (C=O) groups is 2. The van der Waals surface area contributed by atoms with Crippen molar-refractivity contribution < 1.29 is 14.3 Å². The fraction of sp³-hybridized carbons (Fsp3) is 0.800. The first-order valence-corrected chi connectivity index (χ1v) is 4.99. The van der Waals surface area contributed by atoms with Crippen molar-refractivity contribution in [2.24, 2.45) is 0 Å². The van der Waals surface area contributed by atoms with Crippen LogP contribution in [-0.2, 0) is 14.3 Å². The summed E-state index contributed by atoms with van der Waals surface area (Å²) in [6, 6.07) is -0.432. The topological polar surface area (TPSA) is 58.6 Å².